The maximum Gasteiger partial charge on any atom is 0.492 e. The Morgan fingerprint density at radius 3 is 1.52 bits per heavy atom. The number of hydrogen-bond donors (Lipinski definition) is 13. The molecule has 19 heteroatoms. The van der Waals surface area contributed by atoms with Gasteiger partial charge in [-0.2, -0.15) is 0 Å². The van der Waals surface area contributed by atoms with Gasteiger partial charge in [0, 0.05) is 104 Å². The fourth-order valence-electron chi connectivity index (χ4n) is 4.91. The van der Waals surface area contributed by atoms with Crippen molar-refractivity contribution in [3.8, 4) is 0 Å². The molecule has 0 radical (unpaired) electrons. The molecule has 0 aromatic rings. The molecule has 0 aliphatic carbocycles. The van der Waals surface area contributed by atoms with Crippen molar-refractivity contribution in [1.29, 1.82) is 0 Å². The molecular formula is C31H73N5O12Si2. The first-order valence-electron chi connectivity index (χ1n) is 18.4. The molecule has 0 rings (SSSR count). The van der Waals surface area contributed by atoms with Crippen molar-refractivity contribution in [1.82, 2.24) is 26.2 Å². The molecule has 50 heavy (non-hydrogen) atoms. The molecule has 4 atom stereocenters. The zero-order valence-corrected chi connectivity index (χ0v) is 32.7. The Kier molecular flexibility index (Phi) is 32.0. The van der Waals surface area contributed by atoms with E-state index in [9.17, 15) is 15.3 Å². The molecule has 0 saturated heterocycles. The fraction of sp³-hybridized carbons (Fsp3) is 1.00. The first-order valence-corrected chi connectivity index (χ1v) is 22.5. The summed E-state index contributed by atoms with van der Waals surface area (Å²) in [6, 6.07) is -0.188. The van der Waals surface area contributed by atoms with Gasteiger partial charge in [0.25, 0.3) is 0 Å². The number of ether oxygens (including phenoxy) is 3. The molecule has 0 saturated carbocycles. The molecule has 0 bridgehead atoms. The molecule has 0 fully saturated rings. The Morgan fingerprint density at radius 1 is 0.560 bits per heavy atom. The van der Waals surface area contributed by atoms with Crippen LogP contribution in [0, 0.1) is 5.92 Å². The zero-order valence-electron chi connectivity index (χ0n) is 30.7. The number of hydrogen-bond acceptors (Lipinski definition) is 17. The van der Waals surface area contributed by atoms with Crippen LogP contribution in [0.4, 0.5) is 0 Å². The molecule has 0 aromatic carbocycles. The van der Waals surface area contributed by atoms with Crippen molar-refractivity contribution in [3.05, 3.63) is 0 Å². The highest BCUT2D eigenvalue weighted by molar-refractivity contribution is 6.56. The fourth-order valence-corrected chi connectivity index (χ4v) is 6.15. The SMILES string of the molecule is CCCCC(CC)COCC(O)CN(CCNCCNCCNCC(O)COCCC[Si](O)(O)O)CCNCC(O)COCCC[Si](O)(O)O. The highest BCUT2D eigenvalue weighted by atomic mass is 28.4. The summed E-state index contributed by atoms with van der Waals surface area (Å²) in [6.45, 7) is 12.7. The Morgan fingerprint density at radius 2 is 1.02 bits per heavy atom. The van der Waals surface area contributed by atoms with Crippen LogP contribution in [0.25, 0.3) is 0 Å². The van der Waals surface area contributed by atoms with Gasteiger partial charge in [-0.15, -0.1) is 0 Å². The quantitative estimate of drug-likeness (QED) is 0.0216. The van der Waals surface area contributed by atoms with Crippen LogP contribution < -0.4 is 21.3 Å². The molecule has 0 aliphatic heterocycles. The van der Waals surface area contributed by atoms with Gasteiger partial charge in [-0.25, -0.2) is 0 Å². The van der Waals surface area contributed by atoms with Gasteiger partial charge in [0.05, 0.1) is 38.1 Å². The van der Waals surface area contributed by atoms with Gasteiger partial charge in [0.15, 0.2) is 0 Å². The van der Waals surface area contributed by atoms with E-state index in [4.69, 9.17) is 43.0 Å². The van der Waals surface area contributed by atoms with Crippen LogP contribution in [0.1, 0.15) is 52.4 Å². The summed E-state index contributed by atoms with van der Waals surface area (Å²) in [5.74, 6) is 0.510. The van der Waals surface area contributed by atoms with Gasteiger partial charge in [-0.1, -0.05) is 33.1 Å². The number of aliphatic hydroxyl groups is 3. The van der Waals surface area contributed by atoms with Gasteiger partial charge in [-0.05, 0) is 25.2 Å². The molecule has 302 valence electrons. The number of nitrogens with zero attached hydrogens (tertiary/aromatic N) is 1. The molecular weight excluding hydrogens is 691 g/mol. The van der Waals surface area contributed by atoms with E-state index in [1.54, 1.807) is 0 Å². The third-order valence-electron chi connectivity index (χ3n) is 7.82. The number of rotatable bonds is 38. The minimum Gasteiger partial charge on any atom is -0.390 e. The van der Waals surface area contributed by atoms with Crippen LogP contribution in [0.5, 0.6) is 0 Å². The second-order valence-electron chi connectivity index (χ2n) is 13.0. The standard InChI is InChI=1S/C31H73N5O12Si2/c1-3-5-8-28(4-2)24-48-27-31(39)23-36(16-14-35-22-30(38)26-47-18-7-20-50(43,44)45)15-13-33-10-9-32-11-12-34-21-29(37)25-46-17-6-19-49(40,41)42/h28-35,37-45H,3-27H2,1-2H3. The van der Waals surface area contributed by atoms with E-state index >= 15 is 0 Å². The van der Waals surface area contributed by atoms with E-state index in [1.165, 1.54) is 6.42 Å². The predicted molar refractivity (Wildman–Crippen MR) is 195 cm³/mol. The van der Waals surface area contributed by atoms with Crippen molar-refractivity contribution in [2.24, 2.45) is 5.92 Å². The highest BCUT2D eigenvalue weighted by Crippen LogP contribution is 2.13. The minimum atomic E-state index is -4.06. The lowest BCUT2D eigenvalue weighted by atomic mass is 10.0. The highest BCUT2D eigenvalue weighted by Gasteiger charge is 2.26. The van der Waals surface area contributed by atoms with Gasteiger partial charge in [-0.3, -0.25) is 4.90 Å². The molecule has 13 N–H and O–H groups in total. The maximum atomic E-state index is 10.7. The number of aliphatic hydroxyl groups excluding tert-OH is 3. The largest absolute Gasteiger partial charge is 0.492 e. The normalized spacial score (nSPS) is 15.1. The van der Waals surface area contributed by atoms with E-state index in [0.717, 1.165) is 45.4 Å². The van der Waals surface area contributed by atoms with Crippen LogP contribution in [-0.4, -0.2) is 197 Å². The second-order valence-corrected chi connectivity index (χ2v) is 17.1. The average molecular weight is 764 g/mol. The third-order valence-corrected chi connectivity index (χ3v) is 9.87. The van der Waals surface area contributed by atoms with E-state index in [2.05, 4.69) is 40.0 Å². The first-order chi connectivity index (χ1) is 23.8. The minimum absolute atomic E-state index is 0.0872. The van der Waals surface area contributed by atoms with Crippen LogP contribution >= 0.6 is 0 Å². The van der Waals surface area contributed by atoms with Gasteiger partial charge in [0.2, 0.25) is 0 Å². The first kappa shape index (κ1) is 49.8. The van der Waals surface area contributed by atoms with E-state index < -0.39 is 35.9 Å². The smallest absolute Gasteiger partial charge is 0.390 e. The van der Waals surface area contributed by atoms with E-state index in [1.807, 2.05) is 0 Å². The predicted octanol–water partition coefficient (Wildman–Crippen LogP) is -3.39. The Hall–Kier alpha value is -0.246. The Labute approximate surface area is 302 Å². The van der Waals surface area contributed by atoms with Crippen LogP contribution in [0.2, 0.25) is 12.1 Å². The monoisotopic (exact) mass is 763 g/mol. The lowest BCUT2D eigenvalue weighted by molar-refractivity contribution is 0.00291. The lowest BCUT2D eigenvalue weighted by Crippen LogP contribution is -2.44. The van der Waals surface area contributed by atoms with Crippen molar-refractivity contribution >= 4 is 17.6 Å². The summed E-state index contributed by atoms with van der Waals surface area (Å²) in [4.78, 5) is 56.2. The molecule has 0 aromatic heterocycles. The lowest BCUT2D eigenvalue weighted by Gasteiger charge is -2.26. The molecule has 0 spiro atoms. The Bertz CT molecular complexity index is 747. The second kappa shape index (κ2) is 32.2. The molecule has 17 nitrogen and oxygen atoms in total. The summed E-state index contributed by atoms with van der Waals surface area (Å²) in [5, 5.41) is 44.0. The summed E-state index contributed by atoms with van der Waals surface area (Å²) in [5.41, 5.74) is 0. The van der Waals surface area contributed by atoms with Crippen LogP contribution in [-0.2, 0) is 14.2 Å². The summed E-state index contributed by atoms with van der Waals surface area (Å²) in [6.07, 6.45) is 3.13. The van der Waals surface area contributed by atoms with Gasteiger partial charge in [0.1, 0.15) is 0 Å². The van der Waals surface area contributed by atoms with E-state index in [-0.39, 0.29) is 45.1 Å². The molecule has 0 heterocycles. The van der Waals surface area contributed by atoms with Crippen molar-refractivity contribution in [3.63, 3.8) is 0 Å². The molecule has 0 amide bonds. The van der Waals surface area contributed by atoms with E-state index in [0.29, 0.717) is 71.2 Å². The molecule has 0 aliphatic rings. The number of nitrogens with one attached hydrogen (secondary N) is 4. The van der Waals surface area contributed by atoms with Crippen molar-refractivity contribution < 1.29 is 58.3 Å². The summed E-state index contributed by atoms with van der Waals surface area (Å²) < 4.78 is 16.5. The zero-order chi connectivity index (χ0) is 37.5. The Balaban J connectivity index is 4.28. The van der Waals surface area contributed by atoms with Crippen molar-refractivity contribution in [2.45, 2.75) is 82.8 Å². The third kappa shape index (κ3) is 36.1. The van der Waals surface area contributed by atoms with Crippen LogP contribution in [0.15, 0.2) is 0 Å². The molecule has 4 unspecified atom stereocenters. The van der Waals surface area contributed by atoms with Gasteiger partial charge >= 0.3 is 17.6 Å². The van der Waals surface area contributed by atoms with Crippen LogP contribution in [0.3, 0.4) is 0 Å². The summed E-state index contributed by atoms with van der Waals surface area (Å²) in [7, 11) is -8.08. The average Bonchev–Trinajstić information content (AvgIpc) is 3.03. The maximum absolute atomic E-state index is 10.7. The number of unbranched alkanes of at least 4 members (excludes halogenated alkanes) is 1. The van der Waals surface area contributed by atoms with Gasteiger partial charge < -0.3 is 79.6 Å². The van der Waals surface area contributed by atoms with Crippen molar-refractivity contribution in [2.75, 3.05) is 112 Å². The summed E-state index contributed by atoms with van der Waals surface area (Å²) >= 11 is 0. The topological polar surface area (TPSA) is 261 Å².